The second-order valence-electron chi connectivity index (χ2n) is 4.48. The zero-order valence-electron chi connectivity index (χ0n) is 9.95. The Bertz CT molecular complexity index is 739. The van der Waals surface area contributed by atoms with Crippen LogP contribution in [0.5, 0.6) is 0 Å². The Kier molecular flexibility index (Phi) is 3.05. The van der Waals surface area contributed by atoms with Crippen molar-refractivity contribution in [2.45, 2.75) is 17.4 Å². The van der Waals surface area contributed by atoms with Crippen LogP contribution < -0.4 is 5.73 Å². The van der Waals surface area contributed by atoms with Gasteiger partial charge >= 0.3 is 0 Å². The molecule has 0 bridgehead atoms. The lowest BCUT2D eigenvalue weighted by molar-refractivity contribution is 0.489. The summed E-state index contributed by atoms with van der Waals surface area (Å²) in [7, 11) is -3.17. The van der Waals surface area contributed by atoms with E-state index in [9.17, 15) is 8.42 Å². The molecule has 3 rings (SSSR count). The van der Waals surface area contributed by atoms with Crippen LogP contribution in [0.3, 0.4) is 0 Å². The van der Waals surface area contributed by atoms with Gasteiger partial charge in [-0.2, -0.15) is 5.10 Å². The van der Waals surface area contributed by atoms with Crippen LogP contribution in [0.4, 0.5) is 5.82 Å². The SMILES string of the molecule is Nc1c(I)cnn1C1CCS(=O)(=O)c2ccccc21. The maximum absolute atomic E-state index is 12.1. The molecule has 19 heavy (non-hydrogen) atoms. The van der Waals surface area contributed by atoms with Gasteiger partial charge in [-0.25, -0.2) is 13.1 Å². The van der Waals surface area contributed by atoms with Crippen molar-refractivity contribution in [3.05, 3.63) is 39.6 Å². The number of halogens is 1. The van der Waals surface area contributed by atoms with E-state index in [0.717, 1.165) is 9.13 Å². The molecule has 1 aliphatic rings. The van der Waals surface area contributed by atoms with Gasteiger partial charge in [0.05, 0.1) is 26.5 Å². The van der Waals surface area contributed by atoms with E-state index >= 15 is 0 Å². The fourth-order valence-corrected chi connectivity index (χ4v) is 4.40. The maximum Gasteiger partial charge on any atom is 0.178 e. The quantitative estimate of drug-likeness (QED) is 0.756. The molecular weight excluding hydrogens is 377 g/mol. The van der Waals surface area contributed by atoms with Crippen LogP contribution in [0.15, 0.2) is 35.4 Å². The third kappa shape index (κ3) is 2.04. The van der Waals surface area contributed by atoms with Crippen molar-refractivity contribution in [2.24, 2.45) is 0 Å². The fourth-order valence-electron chi connectivity index (χ4n) is 2.42. The standard InChI is InChI=1S/C12H12IN3O2S/c13-9-7-15-16(12(9)14)10-5-6-19(17,18)11-4-2-1-3-8(10)11/h1-4,7,10H,5-6,14H2. The van der Waals surface area contributed by atoms with Crippen molar-refractivity contribution in [3.63, 3.8) is 0 Å². The highest BCUT2D eigenvalue weighted by Crippen LogP contribution is 2.36. The molecule has 1 aromatic heterocycles. The van der Waals surface area contributed by atoms with Gasteiger partial charge in [-0.15, -0.1) is 0 Å². The smallest absolute Gasteiger partial charge is 0.178 e. The fraction of sp³-hybridized carbons (Fsp3) is 0.250. The molecule has 2 heterocycles. The minimum Gasteiger partial charge on any atom is -0.383 e. The van der Waals surface area contributed by atoms with Gasteiger partial charge in [-0.05, 0) is 40.6 Å². The summed E-state index contributed by atoms with van der Waals surface area (Å²) < 4.78 is 26.8. The molecule has 0 radical (unpaired) electrons. The van der Waals surface area contributed by atoms with Crippen molar-refractivity contribution in [3.8, 4) is 0 Å². The van der Waals surface area contributed by atoms with E-state index in [1.165, 1.54) is 0 Å². The number of anilines is 1. The van der Waals surface area contributed by atoms with E-state index in [2.05, 4.69) is 27.7 Å². The Morgan fingerprint density at radius 2 is 2.11 bits per heavy atom. The number of hydrogen-bond acceptors (Lipinski definition) is 4. The number of nitrogens with two attached hydrogens (primary N) is 1. The maximum atomic E-state index is 12.1. The molecule has 0 spiro atoms. The summed E-state index contributed by atoms with van der Waals surface area (Å²) >= 11 is 2.12. The summed E-state index contributed by atoms with van der Waals surface area (Å²) in [5.41, 5.74) is 6.78. The van der Waals surface area contributed by atoms with Crippen molar-refractivity contribution >= 4 is 38.2 Å². The minimum absolute atomic E-state index is 0.108. The monoisotopic (exact) mass is 389 g/mol. The van der Waals surface area contributed by atoms with Crippen LogP contribution in [0.2, 0.25) is 0 Å². The summed E-state index contributed by atoms with van der Waals surface area (Å²) in [6.45, 7) is 0. The van der Waals surface area contributed by atoms with Crippen molar-refractivity contribution in [2.75, 3.05) is 11.5 Å². The molecule has 0 aliphatic carbocycles. The molecule has 1 unspecified atom stereocenters. The van der Waals surface area contributed by atoms with Crippen LogP contribution in [-0.2, 0) is 9.84 Å². The first kappa shape index (κ1) is 12.9. The van der Waals surface area contributed by atoms with Crippen molar-refractivity contribution in [1.82, 2.24) is 9.78 Å². The van der Waals surface area contributed by atoms with E-state index in [-0.39, 0.29) is 11.8 Å². The second-order valence-corrected chi connectivity index (χ2v) is 7.72. The number of aromatic nitrogens is 2. The second kappa shape index (κ2) is 4.48. The highest BCUT2D eigenvalue weighted by atomic mass is 127. The molecule has 1 atom stereocenters. The van der Waals surface area contributed by atoms with Gasteiger partial charge in [0.2, 0.25) is 0 Å². The number of nitrogens with zero attached hydrogens (tertiary/aromatic N) is 2. The van der Waals surface area contributed by atoms with Gasteiger partial charge in [0.25, 0.3) is 0 Å². The number of rotatable bonds is 1. The summed E-state index contributed by atoms with van der Waals surface area (Å²) in [5.74, 6) is 0.713. The minimum atomic E-state index is -3.17. The normalized spacial score (nSPS) is 21.0. The van der Waals surface area contributed by atoms with Crippen LogP contribution in [-0.4, -0.2) is 24.0 Å². The van der Waals surface area contributed by atoms with Gasteiger partial charge < -0.3 is 5.73 Å². The zero-order valence-corrected chi connectivity index (χ0v) is 12.9. The molecule has 7 heteroatoms. The number of nitrogen functional groups attached to an aromatic ring is 1. The Balaban J connectivity index is 2.19. The Hall–Kier alpha value is -1.09. The highest BCUT2D eigenvalue weighted by Gasteiger charge is 2.32. The summed E-state index contributed by atoms with van der Waals surface area (Å²) in [6.07, 6.45) is 2.20. The summed E-state index contributed by atoms with van der Waals surface area (Å²) in [4.78, 5) is 0.399. The average Bonchev–Trinajstić information content (AvgIpc) is 2.71. The molecule has 2 N–H and O–H groups in total. The molecular formula is C12H12IN3O2S. The zero-order chi connectivity index (χ0) is 13.6. The molecule has 1 aromatic carbocycles. The van der Waals surface area contributed by atoms with Gasteiger partial charge in [0, 0.05) is 0 Å². The molecule has 5 nitrogen and oxygen atoms in total. The predicted octanol–water partition coefficient (Wildman–Crippen LogP) is 1.84. The predicted molar refractivity (Wildman–Crippen MR) is 80.6 cm³/mol. The topological polar surface area (TPSA) is 78.0 Å². The van der Waals surface area contributed by atoms with Crippen molar-refractivity contribution < 1.29 is 8.42 Å². The lowest BCUT2D eigenvalue weighted by atomic mass is 10.0. The third-order valence-corrected chi connectivity index (χ3v) is 6.00. The molecule has 0 fully saturated rings. The number of hydrogen-bond donors (Lipinski definition) is 1. The van der Waals surface area contributed by atoms with E-state index in [1.54, 1.807) is 23.0 Å². The van der Waals surface area contributed by atoms with E-state index < -0.39 is 9.84 Å². The lowest BCUT2D eigenvalue weighted by Gasteiger charge is -2.26. The van der Waals surface area contributed by atoms with Crippen LogP contribution in [0, 0.1) is 3.57 Å². The lowest BCUT2D eigenvalue weighted by Crippen LogP contribution is -2.25. The van der Waals surface area contributed by atoms with Crippen molar-refractivity contribution in [1.29, 1.82) is 0 Å². The number of sulfone groups is 1. The van der Waals surface area contributed by atoms with Gasteiger partial charge in [0.1, 0.15) is 5.82 Å². The Morgan fingerprint density at radius 1 is 1.37 bits per heavy atom. The molecule has 0 amide bonds. The first-order valence-corrected chi connectivity index (χ1v) is 8.54. The van der Waals surface area contributed by atoms with Crippen LogP contribution in [0.1, 0.15) is 18.0 Å². The van der Waals surface area contributed by atoms with Crippen LogP contribution in [0.25, 0.3) is 0 Å². The third-order valence-electron chi connectivity index (χ3n) is 3.36. The molecule has 1 aliphatic heterocycles. The highest BCUT2D eigenvalue weighted by molar-refractivity contribution is 14.1. The molecule has 0 saturated carbocycles. The molecule has 0 saturated heterocycles. The van der Waals surface area contributed by atoms with Crippen LogP contribution >= 0.6 is 22.6 Å². The first-order valence-electron chi connectivity index (χ1n) is 5.81. The number of fused-ring (bicyclic) bond motifs is 1. The van der Waals surface area contributed by atoms with E-state index in [1.807, 2.05) is 12.1 Å². The van der Waals surface area contributed by atoms with Gasteiger partial charge in [0.15, 0.2) is 9.84 Å². The Morgan fingerprint density at radius 3 is 2.79 bits per heavy atom. The van der Waals surface area contributed by atoms with E-state index in [4.69, 9.17) is 5.73 Å². The van der Waals surface area contributed by atoms with E-state index in [0.29, 0.717) is 17.1 Å². The van der Waals surface area contributed by atoms with Gasteiger partial charge in [-0.3, -0.25) is 0 Å². The molecule has 100 valence electrons. The van der Waals surface area contributed by atoms with Gasteiger partial charge in [-0.1, -0.05) is 18.2 Å². The molecule has 2 aromatic rings. The first-order chi connectivity index (χ1) is 9.00. The summed E-state index contributed by atoms with van der Waals surface area (Å²) in [6, 6.07) is 6.97. The summed E-state index contributed by atoms with van der Waals surface area (Å²) in [5, 5.41) is 4.27. The largest absolute Gasteiger partial charge is 0.383 e. The Labute approximate surface area is 124 Å². The number of benzene rings is 1. The average molecular weight is 389 g/mol.